The van der Waals surface area contributed by atoms with Crippen molar-refractivity contribution in [1.29, 1.82) is 0 Å². The third kappa shape index (κ3) is 2.37. The standard InChI is InChI=1S/C14H12FNO2/c15-12-5-2-1-4-11(12)14(8-6-13(17)18)7-3-9-16-10-14/h1-9H,10H2,(H,17,18)/b8-6+. The van der Waals surface area contributed by atoms with Crippen molar-refractivity contribution in [2.75, 3.05) is 6.54 Å². The van der Waals surface area contributed by atoms with Gasteiger partial charge in [-0.2, -0.15) is 0 Å². The van der Waals surface area contributed by atoms with E-state index in [0.717, 1.165) is 6.08 Å². The summed E-state index contributed by atoms with van der Waals surface area (Å²) in [7, 11) is 0. The van der Waals surface area contributed by atoms with E-state index in [4.69, 9.17) is 5.11 Å². The van der Waals surface area contributed by atoms with Crippen LogP contribution in [0.4, 0.5) is 4.39 Å². The maximum Gasteiger partial charge on any atom is 0.328 e. The zero-order valence-electron chi connectivity index (χ0n) is 9.58. The fraction of sp³-hybridized carbons (Fsp3) is 0.143. The molecule has 1 unspecified atom stereocenters. The molecule has 0 amide bonds. The van der Waals surface area contributed by atoms with Gasteiger partial charge in [-0.05, 0) is 12.1 Å². The summed E-state index contributed by atoms with van der Waals surface area (Å²) in [5, 5.41) is 8.73. The van der Waals surface area contributed by atoms with Gasteiger partial charge >= 0.3 is 5.97 Å². The molecule has 4 heteroatoms. The molecule has 1 aliphatic rings. The van der Waals surface area contributed by atoms with Crippen LogP contribution in [0.2, 0.25) is 0 Å². The first kappa shape index (κ1) is 12.2. The minimum Gasteiger partial charge on any atom is -0.478 e. The maximum atomic E-state index is 13.9. The number of hydrogen-bond donors (Lipinski definition) is 1. The van der Waals surface area contributed by atoms with Crippen LogP contribution in [0.1, 0.15) is 5.56 Å². The fourth-order valence-electron chi connectivity index (χ4n) is 1.96. The van der Waals surface area contributed by atoms with Crippen LogP contribution in [0.3, 0.4) is 0 Å². The molecule has 0 spiro atoms. The normalized spacial score (nSPS) is 22.5. The molecular formula is C14H12FNO2. The quantitative estimate of drug-likeness (QED) is 0.831. The van der Waals surface area contributed by atoms with E-state index >= 15 is 0 Å². The molecule has 1 aliphatic heterocycles. The molecule has 0 radical (unpaired) electrons. The summed E-state index contributed by atoms with van der Waals surface area (Å²) in [6.45, 7) is 0.300. The first-order chi connectivity index (χ1) is 8.64. The molecule has 1 aromatic rings. The first-order valence-corrected chi connectivity index (χ1v) is 5.49. The van der Waals surface area contributed by atoms with Crippen LogP contribution in [0.15, 0.2) is 53.6 Å². The summed E-state index contributed by atoms with van der Waals surface area (Å²) >= 11 is 0. The van der Waals surface area contributed by atoms with E-state index < -0.39 is 11.4 Å². The number of nitrogens with zero attached hydrogens (tertiary/aromatic N) is 1. The lowest BCUT2D eigenvalue weighted by Crippen LogP contribution is -2.28. The molecule has 0 saturated heterocycles. The average Bonchev–Trinajstić information content (AvgIpc) is 2.38. The van der Waals surface area contributed by atoms with Crippen molar-refractivity contribution in [2.24, 2.45) is 4.99 Å². The molecule has 1 heterocycles. The van der Waals surface area contributed by atoms with Crippen molar-refractivity contribution in [2.45, 2.75) is 5.41 Å². The predicted molar refractivity (Wildman–Crippen MR) is 67.4 cm³/mol. The summed E-state index contributed by atoms with van der Waals surface area (Å²) in [5.41, 5.74) is -0.394. The summed E-state index contributed by atoms with van der Waals surface area (Å²) < 4.78 is 13.9. The van der Waals surface area contributed by atoms with E-state index in [0.29, 0.717) is 12.1 Å². The minimum absolute atomic E-state index is 0.300. The van der Waals surface area contributed by atoms with Gasteiger partial charge < -0.3 is 5.11 Å². The summed E-state index contributed by atoms with van der Waals surface area (Å²) in [4.78, 5) is 14.8. The number of hydrogen-bond acceptors (Lipinski definition) is 2. The van der Waals surface area contributed by atoms with Crippen LogP contribution in [0.25, 0.3) is 0 Å². The smallest absolute Gasteiger partial charge is 0.328 e. The monoisotopic (exact) mass is 245 g/mol. The molecule has 2 rings (SSSR count). The third-order valence-corrected chi connectivity index (χ3v) is 2.84. The Labute approximate surface area is 104 Å². The number of halogens is 1. The molecule has 0 aromatic heterocycles. The van der Waals surface area contributed by atoms with Crippen LogP contribution in [0, 0.1) is 5.82 Å². The van der Waals surface area contributed by atoms with Crippen molar-refractivity contribution in [1.82, 2.24) is 0 Å². The molecule has 0 aliphatic carbocycles. The van der Waals surface area contributed by atoms with E-state index in [-0.39, 0.29) is 5.82 Å². The van der Waals surface area contributed by atoms with E-state index in [2.05, 4.69) is 4.99 Å². The van der Waals surface area contributed by atoms with Crippen LogP contribution >= 0.6 is 0 Å². The van der Waals surface area contributed by atoms with Gasteiger partial charge in [-0.1, -0.05) is 30.4 Å². The Kier molecular flexibility index (Phi) is 3.37. The molecule has 0 saturated carbocycles. The first-order valence-electron chi connectivity index (χ1n) is 5.49. The van der Waals surface area contributed by atoms with Crippen molar-refractivity contribution in [3.63, 3.8) is 0 Å². The van der Waals surface area contributed by atoms with Gasteiger partial charge in [0.25, 0.3) is 0 Å². The molecule has 0 fully saturated rings. The molecule has 0 bridgehead atoms. The van der Waals surface area contributed by atoms with Crippen molar-refractivity contribution in [3.8, 4) is 0 Å². The molecule has 18 heavy (non-hydrogen) atoms. The zero-order chi connectivity index (χ0) is 13.0. The van der Waals surface area contributed by atoms with E-state index in [1.54, 1.807) is 36.6 Å². The van der Waals surface area contributed by atoms with Crippen LogP contribution in [-0.4, -0.2) is 23.8 Å². The minimum atomic E-state index is -1.06. The lowest BCUT2D eigenvalue weighted by Gasteiger charge is -2.28. The molecule has 1 N–H and O–H groups in total. The topological polar surface area (TPSA) is 49.7 Å². The van der Waals surface area contributed by atoms with E-state index in [1.165, 1.54) is 12.1 Å². The number of rotatable bonds is 3. The third-order valence-electron chi connectivity index (χ3n) is 2.84. The number of aliphatic imine (C=N–C) groups is 1. The van der Waals surface area contributed by atoms with E-state index in [9.17, 15) is 9.18 Å². The highest BCUT2D eigenvalue weighted by Gasteiger charge is 2.30. The lowest BCUT2D eigenvalue weighted by atomic mass is 9.78. The van der Waals surface area contributed by atoms with E-state index in [1.807, 2.05) is 0 Å². The lowest BCUT2D eigenvalue weighted by molar-refractivity contribution is -0.131. The SMILES string of the molecule is O=C(O)/C=C/C1(c2ccccc2F)C=CC=NC1. The molecule has 1 atom stereocenters. The number of aliphatic carboxylic acids is 1. The van der Waals surface area contributed by atoms with Gasteiger partial charge in [-0.3, -0.25) is 4.99 Å². The highest BCUT2D eigenvalue weighted by molar-refractivity contribution is 5.81. The van der Waals surface area contributed by atoms with Crippen LogP contribution in [-0.2, 0) is 10.2 Å². The number of carboxylic acid groups (broad SMARTS) is 1. The molecule has 92 valence electrons. The maximum absolute atomic E-state index is 13.9. The summed E-state index contributed by atoms with van der Waals surface area (Å²) in [5.74, 6) is -1.43. The second kappa shape index (κ2) is 4.96. The van der Waals surface area contributed by atoms with Gasteiger partial charge in [0.05, 0.1) is 12.0 Å². The number of benzene rings is 1. The Morgan fingerprint density at radius 2 is 2.22 bits per heavy atom. The Hall–Kier alpha value is -2.23. The number of dihydropyridines is 1. The highest BCUT2D eigenvalue weighted by atomic mass is 19.1. The van der Waals surface area contributed by atoms with Gasteiger partial charge in [-0.25, -0.2) is 9.18 Å². The Morgan fingerprint density at radius 3 is 2.83 bits per heavy atom. The van der Waals surface area contributed by atoms with Crippen LogP contribution < -0.4 is 0 Å². The average molecular weight is 245 g/mol. The second-order valence-electron chi connectivity index (χ2n) is 4.04. The summed E-state index contributed by atoms with van der Waals surface area (Å²) in [6.07, 6.45) is 7.58. The Morgan fingerprint density at radius 1 is 1.44 bits per heavy atom. The fourth-order valence-corrected chi connectivity index (χ4v) is 1.96. The van der Waals surface area contributed by atoms with Gasteiger partial charge in [0.15, 0.2) is 0 Å². The Bertz CT molecular complexity index is 548. The van der Waals surface area contributed by atoms with Crippen LogP contribution in [0.5, 0.6) is 0 Å². The highest BCUT2D eigenvalue weighted by Crippen LogP contribution is 2.31. The van der Waals surface area contributed by atoms with Crippen molar-refractivity contribution < 1.29 is 14.3 Å². The molecule has 1 aromatic carbocycles. The van der Waals surface area contributed by atoms with Crippen molar-refractivity contribution >= 4 is 12.2 Å². The van der Waals surface area contributed by atoms with Crippen molar-refractivity contribution in [3.05, 3.63) is 60.0 Å². The number of carbonyl (C=O) groups is 1. The predicted octanol–water partition coefficient (Wildman–Crippen LogP) is 2.34. The number of allylic oxidation sites excluding steroid dienone is 1. The zero-order valence-corrected chi connectivity index (χ0v) is 9.58. The molecule has 3 nitrogen and oxygen atoms in total. The number of carboxylic acids is 1. The Balaban J connectivity index is 2.50. The van der Waals surface area contributed by atoms with Gasteiger partial charge in [0.1, 0.15) is 5.82 Å². The molecular weight excluding hydrogens is 233 g/mol. The largest absolute Gasteiger partial charge is 0.478 e. The second-order valence-corrected chi connectivity index (χ2v) is 4.04. The van der Waals surface area contributed by atoms with Gasteiger partial charge in [-0.15, -0.1) is 0 Å². The van der Waals surface area contributed by atoms with Gasteiger partial charge in [0, 0.05) is 17.9 Å². The summed E-state index contributed by atoms with van der Waals surface area (Å²) in [6, 6.07) is 6.33. The van der Waals surface area contributed by atoms with Gasteiger partial charge in [0.2, 0.25) is 0 Å².